The smallest absolute Gasteiger partial charge is 0.360 e. The summed E-state index contributed by atoms with van der Waals surface area (Å²) in [5, 5.41) is 7.56. The lowest BCUT2D eigenvalue weighted by molar-refractivity contribution is -0.191. The zero-order valence-corrected chi connectivity index (χ0v) is 15.7. The van der Waals surface area contributed by atoms with Crippen molar-refractivity contribution in [2.45, 2.75) is 45.1 Å². The van der Waals surface area contributed by atoms with Crippen LogP contribution in [-0.4, -0.2) is 70.9 Å². The van der Waals surface area contributed by atoms with Crippen molar-refractivity contribution in [1.82, 2.24) is 15.0 Å². The molecule has 2 rings (SSSR count). The van der Waals surface area contributed by atoms with Crippen LogP contribution in [0.5, 0.6) is 0 Å². The van der Waals surface area contributed by atoms with Gasteiger partial charge in [0.2, 0.25) is 0 Å². The molecule has 0 aliphatic carbocycles. The van der Waals surface area contributed by atoms with E-state index >= 15 is 0 Å². The molecule has 0 N–H and O–H groups in total. The Morgan fingerprint density at radius 3 is 2.36 bits per heavy atom. The van der Waals surface area contributed by atoms with Crippen molar-refractivity contribution in [2.24, 2.45) is 0 Å². The highest BCUT2D eigenvalue weighted by Gasteiger charge is 2.47. The minimum Gasteiger partial charge on any atom is -0.464 e. The van der Waals surface area contributed by atoms with Gasteiger partial charge in [0.15, 0.2) is 17.9 Å². The molecular formula is C16H20N3O9. The van der Waals surface area contributed by atoms with E-state index in [0.717, 1.165) is 0 Å². The van der Waals surface area contributed by atoms with E-state index in [1.54, 1.807) is 0 Å². The number of hydrogen-bond donors (Lipinski definition) is 0. The van der Waals surface area contributed by atoms with Crippen LogP contribution < -0.4 is 0 Å². The number of rotatable bonds is 6. The number of methoxy groups -OCH3 is 1. The molecule has 12 nitrogen and oxygen atoms in total. The van der Waals surface area contributed by atoms with Crippen molar-refractivity contribution in [3.63, 3.8) is 0 Å². The molecule has 0 amide bonds. The van der Waals surface area contributed by atoms with E-state index in [2.05, 4.69) is 15.0 Å². The molecule has 1 fully saturated rings. The van der Waals surface area contributed by atoms with E-state index < -0.39 is 48.2 Å². The summed E-state index contributed by atoms with van der Waals surface area (Å²) < 4.78 is 26.8. The fourth-order valence-corrected chi connectivity index (χ4v) is 2.62. The lowest BCUT2D eigenvalue weighted by Gasteiger charge is -2.40. The average Bonchev–Trinajstić information content (AvgIpc) is 3.09. The van der Waals surface area contributed by atoms with Crippen molar-refractivity contribution in [2.75, 3.05) is 13.7 Å². The van der Waals surface area contributed by atoms with Crippen molar-refractivity contribution < 1.29 is 42.9 Å². The summed E-state index contributed by atoms with van der Waals surface area (Å²) in [7, 11) is 1.18. The molecule has 1 aliphatic heterocycles. The predicted octanol–water partition coefficient (Wildman–Crippen LogP) is -0.407. The Morgan fingerprint density at radius 1 is 1.11 bits per heavy atom. The molecule has 0 unspecified atom stereocenters. The second kappa shape index (κ2) is 9.26. The van der Waals surface area contributed by atoms with Crippen LogP contribution in [0.2, 0.25) is 0 Å². The van der Waals surface area contributed by atoms with Gasteiger partial charge >= 0.3 is 23.9 Å². The molecule has 12 heteroatoms. The van der Waals surface area contributed by atoms with Gasteiger partial charge in [0, 0.05) is 20.8 Å². The molecule has 0 spiro atoms. The number of aromatic nitrogens is 3. The first kappa shape index (κ1) is 21.3. The zero-order valence-electron chi connectivity index (χ0n) is 15.7. The fourth-order valence-electron chi connectivity index (χ4n) is 2.62. The van der Waals surface area contributed by atoms with Crippen LogP contribution >= 0.6 is 0 Å². The highest BCUT2D eigenvalue weighted by Crippen LogP contribution is 2.33. The lowest BCUT2D eigenvalue weighted by atomic mass is 9.97. The van der Waals surface area contributed by atoms with Crippen LogP contribution in [0.3, 0.4) is 0 Å². The molecule has 2 heterocycles. The fraction of sp³-hybridized carbons (Fsp3) is 0.562. The largest absolute Gasteiger partial charge is 0.464 e. The summed E-state index contributed by atoms with van der Waals surface area (Å²) in [5.74, 6) is -2.56. The topological polar surface area (TPSA) is 145 Å². The standard InChI is InChI=1S/C16H20N3O9/c1-8(20)25-7-13-15(28-10(3)22)14(12(6-26-13)27-9(2)21)19-5-11(17-18-19)16(23)24-4/h5-6,12-15H,7H2,1-4H3/t12-,13+,14+,15-/m0/s1. The Bertz CT molecular complexity index is 747. The average molecular weight is 398 g/mol. The van der Waals surface area contributed by atoms with Gasteiger partial charge in [0.1, 0.15) is 25.4 Å². The van der Waals surface area contributed by atoms with Gasteiger partial charge in [-0.1, -0.05) is 5.21 Å². The van der Waals surface area contributed by atoms with E-state index in [4.69, 9.17) is 18.9 Å². The number of carbonyl (C=O) groups excluding carboxylic acids is 4. The number of ether oxygens (including phenoxy) is 5. The molecule has 4 atom stereocenters. The maximum Gasteiger partial charge on any atom is 0.360 e. The second-order valence-corrected chi connectivity index (χ2v) is 5.83. The van der Waals surface area contributed by atoms with E-state index in [1.807, 2.05) is 0 Å². The van der Waals surface area contributed by atoms with E-state index in [9.17, 15) is 19.2 Å². The van der Waals surface area contributed by atoms with Crippen LogP contribution in [0.4, 0.5) is 0 Å². The first-order valence-corrected chi connectivity index (χ1v) is 8.19. The maximum atomic E-state index is 11.7. The molecule has 153 valence electrons. The molecule has 0 saturated carbocycles. The van der Waals surface area contributed by atoms with Gasteiger partial charge in [-0.15, -0.1) is 5.10 Å². The molecular weight excluding hydrogens is 378 g/mol. The third-order valence-electron chi connectivity index (χ3n) is 3.69. The van der Waals surface area contributed by atoms with Gasteiger partial charge in [-0.25, -0.2) is 9.48 Å². The van der Waals surface area contributed by atoms with Crippen LogP contribution in [0, 0.1) is 6.61 Å². The Hall–Kier alpha value is -3.02. The second-order valence-electron chi connectivity index (χ2n) is 5.83. The van der Waals surface area contributed by atoms with Crippen molar-refractivity contribution >= 4 is 23.9 Å². The first-order chi connectivity index (χ1) is 13.2. The Balaban J connectivity index is 2.40. The maximum absolute atomic E-state index is 11.7. The SMILES string of the molecule is COC(=O)c1cn([C@H]2[C@@H](OC(C)=O)[C@@H](COC(C)=O)O[CH][C@@H]2OC(C)=O)nn1. The molecule has 1 radical (unpaired) electrons. The lowest BCUT2D eigenvalue weighted by Crippen LogP contribution is -2.53. The van der Waals surface area contributed by atoms with E-state index in [-0.39, 0.29) is 12.3 Å². The zero-order chi connectivity index (χ0) is 20.8. The first-order valence-electron chi connectivity index (χ1n) is 8.19. The van der Waals surface area contributed by atoms with Crippen LogP contribution in [-0.2, 0) is 38.1 Å². The van der Waals surface area contributed by atoms with Crippen molar-refractivity contribution in [3.8, 4) is 0 Å². The van der Waals surface area contributed by atoms with Crippen LogP contribution in [0.25, 0.3) is 0 Å². The molecule has 28 heavy (non-hydrogen) atoms. The van der Waals surface area contributed by atoms with Crippen LogP contribution in [0.1, 0.15) is 37.3 Å². The molecule has 1 aromatic heterocycles. The third kappa shape index (κ3) is 5.25. The molecule has 1 aliphatic rings. The van der Waals surface area contributed by atoms with Crippen molar-refractivity contribution in [1.29, 1.82) is 0 Å². The van der Waals surface area contributed by atoms with Gasteiger partial charge in [-0.2, -0.15) is 0 Å². The molecule has 0 aromatic carbocycles. The van der Waals surface area contributed by atoms with E-state index in [1.165, 1.54) is 45.4 Å². The van der Waals surface area contributed by atoms with Crippen molar-refractivity contribution in [3.05, 3.63) is 18.5 Å². The minimum atomic E-state index is -1.07. The number of carbonyl (C=O) groups is 4. The molecule has 1 saturated heterocycles. The molecule has 1 aromatic rings. The van der Waals surface area contributed by atoms with Gasteiger partial charge in [-0.05, 0) is 0 Å². The molecule has 0 bridgehead atoms. The summed E-state index contributed by atoms with van der Waals surface area (Å²) in [6, 6.07) is -0.937. The Morgan fingerprint density at radius 2 is 1.79 bits per heavy atom. The Kier molecular flexibility index (Phi) is 7.04. The van der Waals surface area contributed by atoms with Gasteiger partial charge in [-0.3, -0.25) is 14.4 Å². The number of hydrogen-bond acceptors (Lipinski definition) is 11. The normalized spacial score (nSPS) is 24.1. The predicted molar refractivity (Wildman–Crippen MR) is 87.3 cm³/mol. The summed E-state index contributed by atoms with van der Waals surface area (Å²) in [4.78, 5) is 45.9. The highest BCUT2D eigenvalue weighted by molar-refractivity contribution is 5.86. The van der Waals surface area contributed by atoms with E-state index in [0.29, 0.717) is 0 Å². The quantitative estimate of drug-likeness (QED) is 0.455. The summed E-state index contributed by atoms with van der Waals surface area (Å²) in [6.07, 6.45) is -1.75. The third-order valence-corrected chi connectivity index (χ3v) is 3.69. The van der Waals surface area contributed by atoms with Gasteiger partial charge < -0.3 is 23.7 Å². The minimum absolute atomic E-state index is 0.103. The monoisotopic (exact) mass is 398 g/mol. The summed E-state index contributed by atoms with van der Waals surface area (Å²) in [5.41, 5.74) is -0.103. The number of nitrogens with zero attached hydrogens (tertiary/aromatic N) is 3. The number of esters is 4. The highest BCUT2D eigenvalue weighted by atomic mass is 16.6. The van der Waals surface area contributed by atoms with Crippen LogP contribution in [0.15, 0.2) is 6.20 Å². The summed E-state index contributed by atoms with van der Waals surface area (Å²) >= 11 is 0. The Labute approximate surface area is 160 Å². The van der Waals surface area contributed by atoms with Gasteiger partial charge in [0.25, 0.3) is 0 Å². The summed E-state index contributed by atoms with van der Waals surface area (Å²) in [6.45, 7) is 4.57. The van der Waals surface area contributed by atoms with Gasteiger partial charge in [0.05, 0.1) is 13.3 Å².